The number of amides is 1. The maximum absolute atomic E-state index is 13.0. The predicted octanol–water partition coefficient (Wildman–Crippen LogP) is 2.89. The van der Waals surface area contributed by atoms with Crippen molar-refractivity contribution in [3.63, 3.8) is 0 Å². The number of piperidine rings is 1. The summed E-state index contributed by atoms with van der Waals surface area (Å²) in [6.45, 7) is 5.81. The zero-order chi connectivity index (χ0) is 20.4. The largest absolute Gasteiger partial charge is 0.341 e. The summed E-state index contributed by atoms with van der Waals surface area (Å²) in [6, 6.07) is 11.4. The van der Waals surface area contributed by atoms with E-state index in [0.717, 1.165) is 36.2 Å². The summed E-state index contributed by atoms with van der Waals surface area (Å²) in [5, 5.41) is 6.03. The van der Waals surface area contributed by atoms with E-state index < -0.39 is 0 Å². The van der Waals surface area contributed by atoms with E-state index in [-0.39, 0.29) is 18.0 Å². The normalized spacial score (nSPS) is 19.4. The number of likely N-dealkylation sites (tertiary alicyclic amines) is 1. The molecule has 4 rings (SSSR count). The zero-order valence-corrected chi connectivity index (χ0v) is 16.9. The lowest BCUT2D eigenvalue weighted by atomic mass is 9.92. The van der Waals surface area contributed by atoms with Crippen molar-refractivity contribution in [2.24, 2.45) is 11.8 Å². The standard InChI is InChI=1S/C23H26N4O2/c1-16-11-17(2)14-26(13-16)22(28)15-27-23(29)20-6-4-3-5-19(20)21(25-27)12-18-7-9-24-10-8-18/h3-10,16-17H,11-15H2,1-2H3/t16-,17-/m1/s1. The molecule has 6 heteroatoms. The van der Waals surface area contributed by atoms with Gasteiger partial charge in [-0.25, -0.2) is 4.68 Å². The number of rotatable bonds is 4. The highest BCUT2D eigenvalue weighted by molar-refractivity contribution is 5.84. The molecule has 0 aliphatic carbocycles. The van der Waals surface area contributed by atoms with Crippen LogP contribution in [-0.2, 0) is 17.8 Å². The predicted molar refractivity (Wildman–Crippen MR) is 113 cm³/mol. The van der Waals surface area contributed by atoms with Gasteiger partial charge in [0.25, 0.3) is 5.56 Å². The molecular weight excluding hydrogens is 364 g/mol. The number of nitrogens with zero attached hydrogens (tertiary/aromatic N) is 4. The zero-order valence-electron chi connectivity index (χ0n) is 16.9. The van der Waals surface area contributed by atoms with Crippen LogP contribution in [-0.4, -0.2) is 38.7 Å². The Morgan fingerprint density at radius 2 is 1.69 bits per heavy atom. The molecule has 1 amide bonds. The highest BCUT2D eigenvalue weighted by Crippen LogP contribution is 2.21. The van der Waals surface area contributed by atoms with Crippen LogP contribution in [0.25, 0.3) is 10.8 Å². The minimum absolute atomic E-state index is 0.0214. The molecule has 0 saturated carbocycles. The summed E-state index contributed by atoms with van der Waals surface area (Å²) in [4.78, 5) is 31.9. The van der Waals surface area contributed by atoms with Gasteiger partial charge in [-0.15, -0.1) is 0 Å². The van der Waals surface area contributed by atoms with Crippen molar-refractivity contribution in [3.05, 3.63) is 70.4 Å². The summed E-state index contributed by atoms with van der Waals surface area (Å²) in [7, 11) is 0. The molecule has 1 fully saturated rings. The molecule has 1 saturated heterocycles. The number of benzene rings is 1. The highest BCUT2D eigenvalue weighted by atomic mass is 16.2. The SMILES string of the molecule is C[C@@H]1C[C@@H](C)CN(C(=O)Cn2nc(Cc3ccncc3)c3ccccc3c2=O)C1. The lowest BCUT2D eigenvalue weighted by Gasteiger charge is -2.35. The van der Waals surface area contributed by atoms with Crippen molar-refractivity contribution in [1.29, 1.82) is 0 Å². The third-order valence-electron chi connectivity index (χ3n) is 5.57. The Balaban J connectivity index is 1.68. The Labute approximate surface area is 170 Å². The minimum Gasteiger partial charge on any atom is -0.341 e. The average Bonchev–Trinajstić information content (AvgIpc) is 2.71. The van der Waals surface area contributed by atoms with Gasteiger partial charge >= 0.3 is 0 Å². The lowest BCUT2D eigenvalue weighted by molar-refractivity contribution is -0.134. The van der Waals surface area contributed by atoms with Crippen molar-refractivity contribution in [2.45, 2.75) is 33.2 Å². The smallest absolute Gasteiger partial charge is 0.275 e. The van der Waals surface area contributed by atoms with Gasteiger partial charge in [-0.2, -0.15) is 5.10 Å². The fourth-order valence-electron chi connectivity index (χ4n) is 4.33. The Morgan fingerprint density at radius 3 is 2.38 bits per heavy atom. The molecule has 2 atom stereocenters. The maximum atomic E-state index is 13.0. The van der Waals surface area contributed by atoms with Crippen LogP contribution in [0.1, 0.15) is 31.5 Å². The first-order valence-corrected chi connectivity index (χ1v) is 10.2. The minimum atomic E-state index is -0.217. The molecule has 6 nitrogen and oxygen atoms in total. The topological polar surface area (TPSA) is 68.1 Å². The Morgan fingerprint density at radius 1 is 1.03 bits per heavy atom. The van der Waals surface area contributed by atoms with Gasteiger partial charge in [0.1, 0.15) is 6.54 Å². The van der Waals surface area contributed by atoms with E-state index in [2.05, 4.69) is 23.9 Å². The second-order valence-electron chi connectivity index (χ2n) is 8.23. The number of carbonyl (C=O) groups is 1. The molecule has 29 heavy (non-hydrogen) atoms. The number of fused-ring (bicyclic) bond motifs is 1. The molecule has 1 aliphatic rings. The van der Waals surface area contributed by atoms with Gasteiger partial charge in [-0.05, 0) is 42.0 Å². The van der Waals surface area contributed by atoms with Crippen LogP contribution in [0.5, 0.6) is 0 Å². The number of aromatic nitrogens is 3. The second kappa shape index (κ2) is 8.15. The number of hydrogen-bond acceptors (Lipinski definition) is 4. The molecule has 3 heterocycles. The van der Waals surface area contributed by atoms with Gasteiger partial charge in [-0.1, -0.05) is 32.0 Å². The maximum Gasteiger partial charge on any atom is 0.275 e. The second-order valence-corrected chi connectivity index (χ2v) is 8.23. The molecule has 150 valence electrons. The van der Waals surface area contributed by atoms with Crippen LogP contribution >= 0.6 is 0 Å². The van der Waals surface area contributed by atoms with E-state index in [1.165, 1.54) is 4.68 Å². The number of pyridine rings is 1. The first-order valence-electron chi connectivity index (χ1n) is 10.2. The molecule has 0 N–H and O–H groups in total. The molecule has 0 spiro atoms. The molecule has 0 radical (unpaired) electrons. The van der Waals surface area contributed by atoms with Crippen molar-refractivity contribution in [1.82, 2.24) is 19.7 Å². The summed E-state index contributed by atoms with van der Waals surface area (Å²) in [6.07, 6.45) is 5.20. The van der Waals surface area contributed by atoms with E-state index in [9.17, 15) is 9.59 Å². The van der Waals surface area contributed by atoms with Crippen LogP contribution in [0, 0.1) is 11.8 Å². The Kier molecular flexibility index (Phi) is 5.43. The van der Waals surface area contributed by atoms with Gasteiger partial charge in [-0.3, -0.25) is 14.6 Å². The van der Waals surface area contributed by atoms with Crippen molar-refractivity contribution >= 4 is 16.7 Å². The number of hydrogen-bond donors (Lipinski definition) is 0. The third kappa shape index (κ3) is 4.21. The van der Waals surface area contributed by atoms with E-state index in [0.29, 0.717) is 23.6 Å². The Bertz CT molecular complexity index is 1070. The van der Waals surface area contributed by atoms with E-state index in [4.69, 9.17) is 0 Å². The summed E-state index contributed by atoms with van der Waals surface area (Å²) < 4.78 is 1.34. The molecule has 3 aromatic rings. The van der Waals surface area contributed by atoms with Crippen LogP contribution in [0.15, 0.2) is 53.6 Å². The molecule has 1 aromatic carbocycles. The molecule has 0 bridgehead atoms. The molecule has 2 aromatic heterocycles. The fraction of sp³-hybridized carbons (Fsp3) is 0.391. The van der Waals surface area contributed by atoms with Gasteiger partial charge in [0.05, 0.1) is 11.1 Å². The first kappa shape index (κ1) is 19.3. The van der Waals surface area contributed by atoms with Gasteiger partial charge in [0.15, 0.2) is 0 Å². The molecule has 1 aliphatic heterocycles. The van der Waals surface area contributed by atoms with Crippen molar-refractivity contribution < 1.29 is 4.79 Å². The van der Waals surface area contributed by atoms with E-state index in [1.807, 2.05) is 35.2 Å². The van der Waals surface area contributed by atoms with Crippen LogP contribution in [0.4, 0.5) is 0 Å². The lowest BCUT2D eigenvalue weighted by Crippen LogP contribution is -2.45. The quantitative estimate of drug-likeness (QED) is 0.687. The van der Waals surface area contributed by atoms with Crippen LogP contribution in [0.3, 0.4) is 0 Å². The third-order valence-corrected chi connectivity index (χ3v) is 5.57. The summed E-state index contributed by atoms with van der Waals surface area (Å²) in [5.74, 6) is 0.917. The Hall–Kier alpha value is -3.02. The molecular formula is C23H26N4O2. The van der Waals surface area contributed by atoms with Gasteiger partial charge in [0.2, 0.25) is 5.91 Å². The monoisotopic (exact) mass is 390 g/mol. The van der Waals surface area contributed by atoms with Gasteiger partial charge < -0.3 is 4.90 Å². The summed E-state index contributed by atoms with van der Waals surface area (Å²) in [5.41, 5.74) is 1.64. The van der Waals surface area contributed by atoms with Crippen LogP contribution in [0.2, 0.25) is 0 Å². The highest BCUT2D eigenvalue weighted by Gasteiger charge is 2.26. The van der Waals surface area contributed by atoms with Crippen LogP contribution < -0.4 is 5.56 Å². The average molecular weight is 390 g/mol. The summed E-state index contributed by atoms with van der Waals surface area (Å²) >= 11 is 0. The first-order chi connectivity index (χ1) is 14.0. The fourth-order valence-corrected chi connectivity index (χ4v) is 4.33. The molecule has 0 unspecified atom stereocenters. The number of carbonyl (C=O) groups excluding carboxylic acids is 1. The van der Waals surface area contributed by atoms with Crippen molar-refractivity contribution in [2.75, 3.05) is 13.1 Å². The van der Waals surface area contributed by atoms with E-state index in [1.54, 1.807) is 18.5 Å². The van der Waals surface area contributed by atoms with Gasteiger partial charge in [0, 0.05) is 37.3 Å². The van der Waals surface area contributed by atoms with E-state index >= 15 is 0 Å². The van der Waals surface area contributed by atoms with Crippen molar-refractivity contribution in [3.8, 4) is 0 Å².